The Bertz CT molecular complexity index is 312. The fourth-order valence-electron chi connectivity index (χ4n) is 1.10. The van der Waals surface area contributed by atoms with Crippen LogP contribution < -0.4 is 0 Å². The van der Waals surface area contributed by atoms with Crippen LogP contribution in [0.4, 0.5) is 22.0 Å². The zero-order valence-electron chi connectivity index (χ0n) is 8.47. The van der Waals surface area contributed by atoms with Crippen LogP contribution in [0.25, 0.3) is 0 Å². The number of carbonyl (C=O) groups is 1. The van der Waals surface area contributed by atoms with Gasteiger partial charge < -0.3 is 9.47 Å². The summed E-state index contributed by atoms with van der Waals surface area (Å²) < 4.78 is 69.5. The number of ether oxygens (including phenoxy) is 2. The molecule has 8 heteroatoms. The average molecular weight is 260 g/mol. The number of esters is 1. The highest BCUT2D eigenvalue weighted by Gasteiger charge is 2.61. The van der Waals surface area contributed by atoms with Crippen molar-refractivity contribution in [3.05, 3.63) is 12.7 Å². The summed E-state index contributed by atoms with van der Waals surface area (Å²) in [6, 6.07) is 0. The molecular weight excluding hydrogens is 251 g/mol. The van der Waals surface area contributed by atoms with Crippen molar-refractivity contribution < 1.29 is 36.2 Å². The number of epoxide rings is 1. The third-order valence-corrected chi connectivity index (χ3v) is 2.12. The molecule has 0 aliphatic carbocycles. The van der Waals surface area contributed by atoms with Gasteiger partial charge in [0.25, 0.3) is 0 Å². The molecule has 98 valence electrons. The quantitative estimate of drug-likeness (QED) is 0.329. The minimum atomic E-state index is -5.60. The molecule has 0 bridgehead atoms. The molecule has 0 aromatic heterocycles. The second kappa shape index (κ2) is 4.59. The molecular formula is C9H9F5O3. The van der Waals surface area contributed by atoms with Crippen LogP contribution >= 0.6 is 0 Å². The first-order chi connectivity index (χ1) is 7.67. The smallest absolute Gasteiger partial charge is 0.453 e. The van der Waals surface area contributed by atoms with E-state index in [-0.39, 0.29) is 6.61 Å². The van der Waals surface area contributed by atoms with Gasteiger partial charge in [-0.1, -0.05) is 6.58 Å². The van der Waals surface area contributed by atoms with Crippen LogP contribution in [-0.2, 0) is 14.3 Å². The highest BCUT2D eigenvalue weighted by atomic mass is 19.4. The molecule has 1 fully saturated rings. The number of hydrogen-bond donors (Lipinski definition) is 0. The van der Waals surface area contributed by atoms with Gasteiger partial charge in [-0.05, 0) is 0 Å². The van der Waals surface area contributed by atoms with E-state index in [0.717, 1.165) is 6.08 Å². The summed E-state index contributed by atoms with van der Waals surface area (Å²) in [5, 5.41) is 0. The Morgan fingerprint density at radius 2 is 1.88 bits per heavy atom. The SMILES string of the molecule is C=CC(=O)OCC1OC1CC(F)(F)C(F)(F)F. The summed E-state index contributed by atoms with van der Waals surface area (Å²) in [5.41, 5.74) is 0. The third kappa shape index (κ3) is 3.65. The van der Waals surface area contributed by atoms with Crippen LogP contribution in [0, 0.1) is 0 Å². The predicted octanol–water partition coefficient (Wildman–Crippen LogP) is 2.07. The lowest BCUT2D eigenvalue weighted by Gasteiger charge is -2.18. The summed E-state index contributed by atoms with van der Waals surface area (Å²) in [6.45, 7) is 2.73. The molecule has 2 unspecified atom stereocenters. The van der Waals surface area contributed by atoms with Crippen molar-refractivity contribution in [2.75, 3.05) is 6.61 Å². The normalized spacial score (nSPS) is 24.3. The van der Waals surface area contributed by atoms with Crippen molar-refractivity contribution in [1.82, 2.24) is 0 Å². The second-order valence-corrected chi connectivity index (χ2v) is 3.45. The largest absolute Gasteiger partial charge is 0.460 e. The Hall–Kier alpha value is -1.18. The molecule has 0 saturated carbocycles. The van der Waals surface area contributed by atoms with E-state index in [1.165, 1.54) is 0 Å². The number of hydrogen-bond acceptors (Lipinski definition) is 3. The molecule has 0 aromatic carbocycles. The summed E-state index contributed by atoms with van der Waals surface area (Å²) >= 11 is 0. The fraction of sp³-hybridized carbons (Fsp3) is 0.667. The van der Waals surface area contributed by atoms with Gasteiger partial charge in [-0.15, -0.1) is 0 Å². The lowest BCUT2D eigenvalue weighted by Crippen LogP contribution is -2.38. The lowest BCUT2D eigenvalue weighted by atomic mass is 10.1. The Balaban J connectivity index is 2.33. The summed E-state index contributed by atoms with van der Waals surface area (Å²) in [6.07, 6.45) is -8.37. The molecule has 1 saturated heterocycles. The van der Waals surface area contributed by atoms with Crippen molar-refractivity contribution >= 4 is 5.97 Å². The third-order valence-electron chi connectivity index (χ3n) is 2.12. The first-order valence-electron chi connectivity index (χ1n) is 4.56. The summed E-state index contributed by atoms with van der Waals surface area (Å²) in [4.78, 5) is 10.6. The predicted molar refractivity (Wildman–Crippen MR) is 45.4 cm³/mol. The van der Waals surface area contributed by atoms with E-state index in [2.05, 4.69) is 16.1 Å². The van der Waals surface area contributed by atoms with E-state index in [4.69, 9.17) is 0 Å². The van der Waals surface area contributed by atoms with Crippen LogP contribution in [0.1, 0.15) is 6.42 Å². The number of rotatable bonds is 5. The van der Waals surface area contributed by atoms with Gasteiger partial charge in [0.05, 0.1) is 6.10 Å². The van der Waals surface area contributed by atoms with E-state index < -0.39 is 36.7 Å². The molecule has 0 spiro atoms. The molecule has 0 radical (unpaired) electrons. The number of halogens is 5. The van der Waals surface area contributed by atoms with Gasteiger partial charge in [-0.3, -0.25) is 0 Å². The lowest BCUT2D eigenvalue weighted by molar-refractivity contribution is -0.285. The van der Waals surface area contributed by atoms with Gasteiger partial charge in [-0.2, -0.15) is 22.0 Å². The van der Waals surface area contributed by atoms with E-state index in [0.29, 0.717) is 0 Å². The zero-order valence-corrected chi connectivity index (χ0v) is 8.47. The molecule has 17 heavy (non-hydrogen) atoms. The first kappa shape index (κ1) is 13.9. The second-order valence-electron chi connectivity index (χ2n) is 3.45. The molecule has 3 nitrogen and oxygen atoms in total. The Labute approximate surface area is 93.2 Å². The van der Waals surface area contributed by atoms with Crippen LogP contribution in [-0.4, -0.2) is 36.9 Å². The van der Waals surface area contributed by atoms with Crippen molar-refractivity contribution in [2.45, 2.75) is 30.7 Å². The Morgan fingerprint density at radius 3 is 2.35 bits per heavy atom. The summed E-state index contributed by atoms with van der Waals surface area (Å²) in [5.74, 6) is -5.59. The van der Waals surface area contributed by atoms with Gasteiger partial charge in [0.1, 0.15) is 12.7 Å². The van der Waals surface area contributed by atoms with Crippen molar-refractivity contribution in [3.63, 3.8) is 0 Å². The van der Waals surface area contributed by atoms with Gasteiger partial charge in [0.2, 0.25) is 0 Å². The monoisotopic (exact) mass is 260 g/mol. The maximum atomic E-state index is 12.5. The molecule has 0 N–H and O–H groups in total. The zero-order chi connectivity index (χ0) is 13.3. The van der Waals surface area contributed by atoms with E-state index in [9.17, 15) is 26.7 Å². The standard InChI is InChI=1S/C9H9F5O3/c1-2-7(15)16-4-6-5(17-6)3-8(10,11)9(12,13)14/h2,5-6H,1,3-4H2. The summed E-state index contributed by atoms with van der Waals surface area (Å²) in [7, 11) is 0. The molecule has 0 amide bonds. The van der Waals surface area contributed by atoms with Crippen molar-refractivity contribution in [3.8, 4) is 0 Å². The number of alkyl halides is 5. The molecule has 0 aromatic rings. The van der Waals surface area contributed by atoms with E-state index in [1.54, 1.807) is 0 Å². The van der Waals surface area contributed by atoms with Gasteiger partial charge in [-0.25, -0.2) is 4.79 Å². The Kier molecular flexibility index (Phi) is 3.75. The van der Waals surface area contributed by atoms with Gasteiger partial charge in [0, 0.05) is 12.5 Å². The van der Waals surface area contributed by atoms with Crippen LogP contribution in [0.3, 0.4) is 0 Å². The van der Waals surface area contributed by atoms with Gasteiger partial charge >= 0.3 is 18.1 Å². The minimum absolute atomic E-state index is 0.358. The molecule has 1 rings (SSSR count). The highest BCUT2D eigenvalue weighted by Crippen LogP contribution is 2.43. The molecule has 2 atom stereocenters. The van der Waals surface area contributed by atoms with Gasteiger partial charge in [0.15, 0.2) is 0 Å². The molecule has 1 heterocycles. The van der Waals surface area contributed by atoms with Crippen LogP contribution in [0.15, 0.2) is 12.7 Å². The topological polar surface area (TPSA) is 38.8 Å². The number of carbonyl (C=O) groups excluding carboxylic acids is 1. The molecule has 1 aliphatic rings. The van der Waals surface area contributed by atoms with E-state index in [1.807, 2.05) is 0 Å². The minimum Gasteiger partial charge on any atom is -0.460 e. The molecule has 1 aliphatic heterocycles. The first-order valence-corrected chi connectivity index (χ1v) is 4.56. The van der Waals surface area contributed by atoms with Crippen LogP contribution in [0.2, 0.25) is 0 Å². The highest BCUT2D eigenvalue weighted by molar-refractivity contribution is 5.81. The fourth-order valence-corrected chi connectivity index (χ4v) is 1.10. The van der Waals surface area contributed by atoms with Crippen molar-refractivity contribution in [2.24, 2.45) is 0 Å². The maximum absolute atomic E-state index is 12.5. The maximum Gasteiger partial charge on any atom is 0.453 e. The van der Waals surface area contributed by atoms with Crippen molar-refractivity contribution in [1.29, 1.82) is 0 Å². The average Bonchev–Trinajstić information content (AvgIpc) is 2.90. The van der Waals surface area contributed by atoms with Crippen LogP contribution in [0.5, 0.6) is 0 Å². The Morgan fingerprint density at radius 1 is 1.29 bits per heavy atom. The van der Waals surface area contributed by atoms with E-state index >= 15 is 0 Å².